The molecular formula is C17H16ClN3O3. The minimum atomic E-state index is -0.639. The molecule has 124 valence electrons. The number of nitrogens with one attached hydrogen (secondary N) is 1. The highest BCUT2D eigenvalue weighted by atomic mass is 35.5. The summed E-state index contributed by atoms with van der Waals surface area (Å²) in [5.41, 5.74) is 3.58. The van der Waals surface area contributed by atoms with Crippen molar-refractivity contribution in [3.8, 4) is 5.75 Å². The lowest BCUT2D eigenvalue weighted by Crippen LogP contribution is -2.19. The number of hydrogen-bond donors (Lipinski definition) is 2. The lowest BCUT2D eigenvalue weighted by molar-refractivity contribution is 0.0701. The molecule has 0 fully saturated rings. The lowest BCUT2D eigenvalue weighted by Gasteiger charge is -2.05. The standard InChI is InChI=1S/C17H16ClN3O3/c1-2-21-9-11(10-24-13-5-3-12(18)4-6-13)14-8-19-15(7-16(14)21)17(22)20-23/h3-9,23H,2,10H2,1H3,(H,20,22). The SMILES string of the molecule is CCn1cc(COc2ccc(Cl)cc2)c2cnc(C(=O)NO)cc21. The molecule has 1 amide bonds. The van der Waals surface area contributed by atoms with E-state index in [1.807, 2.05) is 29.8 Å². The Morgan fingerprint density at radius 3 is 2.79 bits per heavy atom. The maximum Gasteiger partial charge on any atom is 0.293 e. The van der Waals surface area contributed by atoms with Crippen LogP contribution in [0.15, 0.2) is 42.7 Å². The first kappa shape index (κ1) is 16.3. The molecular weight excluding hydrogens is 330 g/mol. The van der Waals surface area contributed by atoms with E-state index in [2.05, 4.69) is 4.98 Å². The van der Waals surface area contributed by atoms with E-state index < -0.39 is 5.91 Å². The Hall–Kier alpha value is -2.57. The highest BCUT2D eigenvalue weighted by molar-refractivity contribution is 6.30. The van der Waals surface area contributed by atoms with Crippen molar-refractivity contribution in [2.45, 2.75) is 20.1 Å². The summed E-state index contributed by atoms with van der Waals surface area (Å²) in [4.78, 5) is 15.6. The van der Waals surface area contributed by atoms with Gasteiger partial charge in [0.2, 0.25) is 0 Å². The molecule has 2 heterocycles. The van der Waals surface area contributed by atoms with Gasteiger partial charge >= 0.3 is 0 Å². The summed E-state index contributed by atoms with van der Waals surface area (Å²) >= 11 is 5.86. The summed E-state index contributed by atoms with van der Waals surface area (Å²) in [6.45, 7) is 3.12. The molecule has 0 aliphatic rings. The topological polar surface area (TPSA) is 76.4 Å². The third kappa shape index (κ3) is 3.20. The van der Waals surface area contributed by atoms with Crippen LogP contribution in [-0.2, 0) is 13.2 Å². The average molecular weight is 346 g/mol. The third-order valence-electron chi connectivity index (χ3n) is 3.73. The number of halogens is 1. The Morgan fingerprint density at radius 1 is 1.38 bits per heavy atom. The molecule has 3 rings (SSSR count). The maximum atomic E-state index is 11.5. The minimum Gasteiger partial charge on any atom is -0.489 e. The molecule has 0 saturated heterocycles. The van der Waals surface area contributed by atoms with E-state index in [1.165, 1.54) is 0 Å². The normalized spacial score (nSPS) is 10.8. The largest absolute Gasteiger partial charge is 0.489 e. The van der Waals surface area contributed by atoms with E-state index in [4.69, 9.17) is 21.5 Å². The molecule has 0 radical (unpaired) electrons. The van der Waals surface area contributed by atoms with E-state index in [0.29, 0.717) is 11.6 Å². The average Bonchev–Trinajstić information content (AvgIpc) is 2.97. The van der Waals surface area contributed by atoms with Gasteiger partial charge in [0.25, 0.3) is 5.91 Å². The molecule has 0 bridgehead atoms. The number of hydrogen-bond acceptors (Lipinski definition) is 4. The molecule has 1 aromatic carbocycles. The van der Waals surface area contributed by atoms with Crippen LogP contribution in [0.1, 0.15) is 23.0 Å². The summed E-state index contributed by atoms with van der Waals surface area (Å²) in [7, 11) is 0. The van der Waals surface area contributed by atoms with Crippen molar-refractivity contribution in [2.75, 3.05) is 0 Å². The van der Waals surface area contributed by atoms with E-state index >= 15 is 0 Å². The van der Waals surface area contributed by atoms with E-state index in [-0.39, 0.29) is 5.69 Å². The van der Waals surface area contributed by atoms with Crippen molar-refractivity contribution >= 4 is 28.4 Å². The number of carbonyl (C=O) groups is 1. The molecule has 0 unspecified atom stereocenters. The van der Waals surface area contributed by atoms with Crippen LogP contribution in [0.4, 0.5) is 0 Å². The zero-order valence-electron chi connectivity index (χ0n) is 13.0. The molecule has 6 nitrogen and oxygen atoms in total. The monoisotopic (exact) mass is 345 g/mol. The number of fused-ring (bicyclic) bond motifs is 1. The number of pyridine rings is 1. The second-order valence-electron chi connectivity index (χ2n) is 5.21. The third-order valence-corrected chi connectivity index (χ3v) is 3.98. The number of nitrogens with zero attached hydrogens (tertiary/aromatic N) is 2. The molecule has 7 heteroatoms. The fraction of sp³-hybridized carbons (Fsp3) is 0.176. The molecule has 0 spiro atoms. The summed E-state index contributed by atoms with van der Waals surface area (Å²) in [6, 6.07) is 8.81. The molecule has 0 aliphatic heterocycles. The second-order valence-corrected chi connectivity index (χ2v) is 5.65. The smallest absolute Gasteiger partial charge is 0.293 e. The highest BCUT2D eigenvalue weighted by Gasteiger charge is 2.13. The Morgan fingerprint density at radius 2 is 2.12 bits per heavy atom. The van der Waals surface area contributed by atoms with Crippen LogP contribution in [0.5, 0.6) is 5.75 Å². The van der Waals surface area contributed by atoms with E-state index in [0.717, 1.165) is 28.8 Å². The van der Waals surface area contributed by atoms with Crippen LogP contribution in [0.25, 0.3) is 10.9 Å². The predicted molar refractivity (Wildman–Crippen MR) is 90.4 cm³/mol. The zero-order chi connectivity index (χ0) is 17.1. The van der Waals surface area contributed by atoms with Gasteiger partial charge in [-0.2, -0.15) is 0 Å². The van der Waals surface area contributed by atoms with Gasteiger partial charge in [-0.05, 0) is 37.3 Å². The molecule has 0 atom stereocenters. The first-order chi connectivity index (χ1) is 11.6. The van der Waals surface area contributed by atoms with E-state index in [9.17, 15) is 4.79 Å². The molecule has 0 saturated carbocycles. The van der Waals surface area contributed by atoms with Gasteiger partial charge in [-0.25, -0.2) is 5.48 Å². The Kier molecular flexibility index (Phi) is 4.69. The van der Waals surface area contributed by atoms with Gasteiger partial charge in [-0.1, -0.05) is 11.6 Å². The number of ether oxygens (including phenoxy) is 1. The van der Waals surface area contributed by atoms with Crippen molar-refractivity contribution in [1.29, 1.82) is 0 Å². The van der Waals surface area contributed by atoms with Crippen LogP contribution in [0, 0.1) is 0 Å². The van der Waals surface area contributed by atoms with Crippen LogP contribution >= 0.6 is 11.6 Å². The summed E-state index contributed by atoms with van der Waals surface area (Å²) in [5.74, 6) is 0.0840. The van der Waals surface area contributed by atoms with Gasteiger partial charge in [-0.3, -0.25) is 15.0 Å². The van der Waals surface area contributed by atoms with Crippen LogP contribution in [-0.4, -0.2) is 20.7 Å². The fourth-order valence-corrected chi connectivity index (χ4v) is 2.63. The Bertz CT molecular complexity index is 875. The van der Waals surface area contributed by atoms with Gasteiger partial charge in [0.1, 0.15) is 18.1 Å². The maximum absolute atomic E-state index is 11.5. The molecule has 0 aliphatic carbocycles. The number of carbonyl (C=O) groups excluding carboxylic acids is 1. The first-order valence-corrected chi connectivity index (χ1v) is 7.80. The van der Waals surface area contributed by atoms with Crippen molar-refractivity contribution in [3.63, 3.8) is 0 Å². The number of benzene rings is 1. The highest BCUT2D eigenvalue weighted by Crippen LogP contribution is 2.24. The van der Waals surface area contributed by atoms with Crippen molar-refractivity contribution in [3.05, 3.63) is 59.0 Å². The lowest BCUT2D eigenvalue weighted by atomic mass is 10.2. The van der Waals surface area contributed by atoms with Gasteiger partial charge in [0, 0.05) is 34.9 Å². The summed E-state index contributed by atoms with van der Waals surface area (Å²) in [6.07, 6.45) is 3.59. The van der Waals surface area contributed by atoms with Crippen LogP contribution in [0.2, 0.25) is 5.02 Å². The van der Waals surface area contributed by atoms with Gasteiger partial charge < -0.3 is 9.30 Å². The number of hydroxylamine groups is 1. The molecule has 3 aromatic rings. The van der Waals surface area contributed by atoms with Crippen LogP contribution < -0.4 is 10.2 Å². The van der Waals surface area contributed by atoms with Crippen molar-refractivity contribution in [1.82, 2.24) is 15.0 Å². The van der Waals surface area contributed by atoms with Crippen molar-refractivity contribution in [2.24, 2.45) is 0 Å². The van der Waals surface area contributed by atoms with Gasteiger partial charge in [-0.15, -0.1) is 0 Å². The zero-order valence-corrected chi connectivity index (χ0v) is 13.7. The number of rotatable bonds is 5. The molecule has 2 aromatic heterocycles. The van der Waals surface area contributed by atoms with Gasteiger partial charge in [0.15, 0.2) is 0 Å². The number of aryl methyl sites for hydroxylation is 1. The Labute approximate surface area is 143 Å². The van der Waals surface area contributed by atoms with Gasteiger partial charge in [0.05, 0.1) is 5.52 Å². The number of aromatic nitrogens is 2. The predicted octanol–water partition coefficient (Wildman–Crippen LogP) is 3.41. The molecule has 2 N–H and O–H groups in total. The number of amides is 1. The van der Waals surface area contributed by atoms with E-state index in [1.54, 1.807) is 29.9 Å². The summed E-state index contributed by atoms with van der Waals surface area (Å²) < 4.78 is 7.80. The second kappa shape index (κ2) is 6.90. The fourth-order valence-electron chi connectivity index (χ4n) is 2.51. The summed E-state index contributed by atoms with van der Waals surface area (Å²) in [5, 5.41) is 10.3. The quantitative estimate of drug-likeness (QED) is 0.549. The first-order valence-electron chi connectivity index (χ1n) is 7.43. The Balaban J connectivity index is 1.90. The van der Waals surface area contributed by atoms with Crippen molar-refractivity contribution < 1.29 is 14.7 Å². The molecule has 24 heavy (non-hydrogen) atoms. The minimum absolute atomic E-state index is 0.156. The van der Waals surface area contributed by atoms with Crippen LogP contribution in [0.3, 0.4) is 0 Å².